The van der Waals surface area contributed by atoms with Crippen molar-refractivity contribution in [3.8, 4) is 5.75 Å². The van der Waals surface area contributed by atoms with E-state index in [0.29, 0.717) is 42.5 Å². The highest BCUT2D eigenvalue weighted by Crippen LogP contribution is 2.25. The second-order valence-corrected chi connectivity index (χ2v) is 6.25. The number of halogens is 4. The zero-order chi connectivity index (χ0) is 19.1. The van der Waals surface area contributed by atoms with Crippen molar-refractivity contribution in [3.05, 3.63) is 28.8 Å². The molecule has 0 unspecified atom stereocenters. The first-order valence-corrected chi connectivity index (χ1v) is 8.59. The van der Waals surface area contributed by atoms with Crippen molar-refractivity contribution in [2.24, 2.45) is 10.9 Å². The number of methoxy groups -OCH3 is 1. The third kappa shape index (κ3) is 6.95. The SMILES string of the molecule is CN=C(NCc1cc(Cl)ccc1OC(F)F)N1CCC(C(=O)OC)CC1.I. The van der Waals surface area contributed by atoms with Gasteiger partial charge in [0.2, 0.25) is 0 Å². The first-order valence-electron chi connectivity index (χ1n) is 8.21. The van der Waals surface area contributed by atoms with Crippen LogP contribution in [0.15, 0.2) is 23.2 Å². The second kappa shape index (κ2) is 11.5. The Morgan fingerprint density at radius 3 is 2.63 bits per heavy atom. The molecule has 10 heteroatoms. The van der Waals surface area contributed by atoms with E-state index in [4.69, 9.17) is 16.3 Å². The summed E-state index contributed by atoms with van der Waals surface area (Å²) >= 11 is 5.96. The summed E-state index contributed by atoms with van der Waals surface area (Å²) in [5, 5.41) is 3.56. The van der Waals surface area contributed by atoms with Crippen molar-refractivity contribution in [1.82, 2.24) is 10.2 Å². The van der Waals surface area contributed by atoms with Gasteiger partial charge in [-0.3, -0.25) is 9.79 Å². The van der Waals surface area contributed by atoms with Crippen LogP contribution in [0.4, 0.5) is 8.78 Å². The van der Waals surface area contributed by atoms with Gasteiger partial charge in [-0.2, -0.15) is 8.78 Å². The highest BCUT2D eigenvalue weighted by atomic mass is 127. The van der Waals surface area contributed by atoms with Gasteiger partial charge in [-0.25, -0.2) is 0 Å². The number of guanidine groups is 1. The lowest BCUT2D eigenvalue weighted by atomic mass is 9.97. The first-order chi connectivity index (χ1) is 12.4. The van der Waals surface area contributed by atoms with Gasteiger partial charge in [-0.15, -0.1) is 24.0 Å². The molecule has 0 aromatic heterocycles. The average Bonchev–Trinajstić information content (AvgIpc) is 2.63. The zero-order valence-electron chi connectivity index (χ0n) is 15.1. The van der Waals surface area contributed by atoms with E-state index in [0.717, 1.165) is 0 Å². The van der Waals surface area contributed by atoms with E-state index < -0.39 is 6.61 Å². The zero-order valence-corrected chi connectivity index (χ0v) is 18.2. The van der Waals surface area contributed by atoms with Crippen molar-refractivity contribution in [2.45, 2.75) is 26.0 Å². The van der Waals surface area contributed by atoms with Gasteiger partial charge in [-0.1, -0.05) is 11.6 Å². The monoisotopic (exact) mass is 517 g/mol. The number of ether oxygens (including phenoxy) is 2. The average molecular weight is 518 g/mol. The lowest BCUT2D eigenvalue weighted by Crippen LogP contribution is -2.46. The van der Waals surface area contributed by atoms with Gasteiger partial charge in [0.05, 0.1) is 13.0 Å². The maximum absolute atomic E-state index is 12.5. The molecule has 2 rings (SSSR count). The molecule has 0 saturated carbocycles. The summed E-state index contributed by atoms with van der Waals surface area (Å²) in [5.41, 5.74) is 0.503. The molecule has 0 bridgehead atoms. The Hall–Kier alpha value is -1.36. The molecule has 1 saturated heterocycles. The minimum absolute atomic E-state index is 0. The summed E-state index contributed by atoms with van der Waals surface area (Å²) in [6.45, 7) is -1.39. The molecule has 1 fully saturated rings. The molecule has 0 radical (unpaired) electrons. The van der Waals surface area contributed by atoms with Crippen LogP contribution in [-0.4, -0.2) is 50.7 Å². The van der Waals surface area contributed by atoms with Crippen molar-refractivity contribution < 1.29 is 23.0 Å². The molecular weight excluding hydrogens is 495 g/mol. The normalized spacial score (nSPS) is 15.3. The Labute approximate surface area is 179 Å². The third-order valence-corrected chi connectivity index (χ3v) is 4.45. The van der Waals surface area contributed by atoms with Crippen molar-refractivity contribution in [3.63, 3.8) is 0 Å². The number of aliphatic imine (C=N–C) groups is 1. The van der Waals surface area contributed by atoms with E-state index in [9.17, 15) is 13.6 Å². The first kappa shape index (κ1) is 23.7. The highest BCUT2D eigenvalue weighted by molar-refractivity contribution is 14.0. The maximum atomic E-state index is 12.5. The molecule has 1 aromatic rings. The summed E-state index contributed by atoms with van der Waals surface area (Å²) in [7, 11) is 3.03. The smallest absolute Gasteiger partial charge is 0.387 e. The van der Waals surface area contributed by atoms with Crippen LogP contribution in [0.1, 0.15) is 18.4 Å². The van der Waals surface area contributed by atoms with Gasteiger partial charge < -0.3 is 19.7 Å². The van der Waals surface area contributed by atoms with E-state index in [-0.39, 0.29) is 48.2 Å². The lowest BCUT2D eigenvalue weighted by Gasteiger charge is -2.33. The van der Waals surface area contributed by atoms with E-state index in [1.807, 2.05) is 4.90 Å². The van der Waals surface area contributed by atoms with E-state index in [1.165, 1.54) is 19.2 Å². The fourth-order valence-corrected chi connectivity index (χ4v) is 3.09. The fourth-order valence-electron chi connectivity index (χ4n) is 2.90. The number of carbonyl (C=O) groups is 1. The minimum Gasteiger partial charge on any atom is -0.469 e. The maximum Gasteiger partial charge on any atom is 0.387 e. The molecule has 1 aliphatic rings. The number of piperidine rings is 1. The Morgan fingerprint density at radius 2 is 2.07 bits per heavy atom. The van der Waals surface area contributed by atoms with E-state index in [2.05, 4.69) is 15.0 Å². The standard InChI is InChI=1S/C17H22ClF2N3O3.HI/c1-21-17(23-7-5-11(6-8-23)15(24)25-2)22-10-12-9-13(18)3-4-14(12)26-16(19)20;/h3-4,9,11,16H,5-8,10H2,1-2H3,(H,21,22);1H. The van der Waals surface area contributed by atoms with Crippen LogP contribution < -0.4 is 10.1 Å². The van der Waals surface area contributed by atoms with Gasteiger partial charge >= 0.3 is 12.6 Å². The number of alkyl halides is 2. The lowest BCUT2D eigenvalue weighted by molar-refractivity contribution is -0.146. The summed E-state index contributed by atoms with van der Waals surface area (Å²) in [5.74, 6) is 0.390. The molecule has 1 aliphatic heterocycles. The number of hydrogen-bond donors (Lipinski definition) is 1. The minimum atomic E-state index is -2.91. The molecule has 0 aliphatic carbocycles. The quantitative estimate of drug-likeness (QED) is 0.280. The number of rotatable bonds is 5. The summed E-state index contributed by atoms with van der Waals surface area (Å²) in [6.07, 6.45) is 1.34. The topological polar surface area (TPSA) is 63.2 Å². The van der Waals surface area contributed by atoms with Crippen LogP contribution in [0.3, 0.4) is 0 Å². The van der Waals surface area contributed by atoms with Gasteiger partial charge in [-0.05, 0) is 31.0 Å². The van der Waals surface area contributed by atoms with Crippen LogP contribution in [0.5, 0.6) is 5.75 Å². The Morgan fingerprint density at radius 1 is 1.41 bits per heavy atom. The second-order valence-electron chi connectivity index (χ2n) is 5.82. The fraction of sp³-hybridized carbons (Fsp3) is 0.529. The number of likely N-dealkylation sites (tertiary alicyclic amines) is 1. The Kier molecular flexibility index (Phi) is 10.1. The number of hydrogen-bond acceptors (Lipinski definition) is 4. The third-order valence-electron chi connectivity index (χ3n) is 4.22. The van der Waals surface area contributed by atoms with Crippen LogP contribution in [0.2, 0.25) is 5.02 Å². The van der Waals surface area contributed by atoms with Crippen LogP contribution in [0, 0.1) is 5.92 Å². The van der Waals surface area contributed by atoms with E-state index in [1.54, 1.807) is 13.1 Å². The summed E-state index contributed by atoms with van der Waals surface area (Å²) < 4.78 is 34.4. The number of nitrogens with zero attached hydrogens (tertiary/aromatic N) is 2. The molecule has 1 N–H and O–H groups in total. The van der Waals surface area contributed by atoms with Crippen LogP contribution in [0.25, 0.3) is 0 Å². The van der Waals surface area contributed by atoms with Crippen molar-refractivity contribution in [1.29, 1.82) is 0 Å². The molecule has 0 spiro atoms. The summed E-state index contributed by atoms with van der Waals surface area (Å²) in [4.78, 5) is 17.8. The molecule has 0 atom stereocenters. The largest absolute Gasteiger partial charge is 0.469 e. The summed E-state index contributed by atoms with van der Waals surface area (Å²) in [6, 6.07) is 4.48. The number of nitrogens with one attached hydrogen (secondary N) is 1. The molecule has 152 valence electrons. The van der Waals surface area contributed by atoms with Gasteiger partial charge in [0.15, 0.2) is 5.96 Å². The number of esters is 1. The molecule has 1 aromatic carbocycles. The Bertz CT molecular complexity index is 656. The highest BCUT2D eigenvalue weighted by Gasteiger charge is 2.27. The predicted molar refractivity (Wildman–Crippen MR) is 110 cm³/mol. The Balaban J connectivity index is 0.00000364. The van der Waals surface area contributed by atoms with Crippen LogP contribution in [-0.2, 0) is 16.1 Å². The molecule has 0 amide bonds. The predicted octanol–water partition coefficient (Wildman–Crippen LogP) is 3.52. The number of benzene rings is 1. The van der Waals surface area contributed by atoms with Gasteiger partial charge in [0.1, 0.15) is 5.75 Å². The molecule has 6 nitrogen and oxygen atoms in total. The number of carbonyl (C=O) groups excluding carboxylic acids is 1. The van der Waals surface area contributed by atoms with Gasteiger partial charge in [0, 0.05) is 37.3 Å². The molecule has 1 heterocycles. The van der Waals surface area contributed by atoms with E-state index >= 15 is 0 Å². The molecular formula is C17H23ClF2IN3O3. The van der Waals surface area contributed by atoms with Crippen LogP contribution >= 0.6 is 35.6 Å². The molecule has 27 heavy (non-hydrogen) atoms. The van der Waals surface area contributed by atoms with Gasteiger partial charge in [0.25, 0.3) is 0 Å². The van der Waals surface area contributed by atoms with Crippen molar-refractivity contribution >= 4 is 47.5 Å². The van der Waals surface area contributed by atoms with Crippen molar-refractivity contribution in [2.75, 3.05) is 27.2 Å².